The number of fused-ring (bicyclic) bond motifs is 1. The highest BCUT2D eigenvalue weighted by Gasteiger charge is 2.23. The van der Waals surface area contributed by atoms with Gasteiger partial charge in [0.25, 0.3) is 5.56 Å². The van der Waals surface area contributed by atoms with Crippen LogP contribution in [0.5, 0.6) is 11.5 Å². The van der Waals surface area contributed by atoms with Crippen molar-refractivity contribution in [2.75, 3.05) is 20.8 Å². The van der Waals surface area contributed by atoms with Gasteiger partial charge in [-0.1, -0.05) is 0 Å². The second kappa shape index (κ2) is 8.05. The van der Waals surface area contributed by atoms with Crippen molar-refractivity contribution in [2.24, 2.45) is 0 Å². The largest absolute Gasteiger partial charge is 0.497 e. The normalized spacial score (nSPS) is 13.8. The Morgan fingerprint density at radius 2 is 1.97 bits per heavy atom. The van der Waals surface area contributed by atoms with Crippen molar-refractivity contribution >= 4 is 0 Å². The SMILES string of the molecule is COc1cc(C)c(CN2CCc3c(nc(-c4ccncc4)[nH]c3=O)C2)c(OC)c1. The molecule has 0 fully saturated rings. The summed E-state index contributed by atoms with van der Waals surface area (Å²) >= 11 is 0. The lowest BCUT2D eigenvalue weighted by atomic mass is 10.0. The fourth-order valence-corrected chi connectivity index (χ4v) is 3.75. The average Bonchev–Trinajstić information content (AvgIpc) is 2.75. The summed E-state index contributed by atoms with van der Waals surface area (Å²) in [7, 11) is 3.32. The Balaban J connectivity index is 1.62. The highest BCUT2D eigenvalue weighted by molar-refractivity contribution is 5.54. The number of benzene rings is 1. The number of aryl methyl sites for hydroxylation is 1. The molecule has 1 N–H and O–H groups in total. The fraction of sp³-hybridized carbons (Fsp3) is 0.318. The van der Waals surface area contributed by atoms with Gasteiger partial charge in [0.2, 0.25) is 0 Å². The summed E-state index contributed by atoms with van der Waals surface area (Å²) in [5.74, 6) is 2.17. The van der Waals surface area contributed by atoms with E-state index in [2.05, 4.69) is 21.8 Å². The summed E-state index contributed by atoms with van der Waals surface area (Å²) in [6, 6.07) is 7.61. The molecule has 0 aliphatic carbocycles. The molecular formula is C22H24N4O3. The lowest BCUT2D eigenvalue weighted by Gasteiger charge is -2.29. The Hall–Kier alpha value is -3.19. The standard InChI is InChI=1S/C22H24N4O3/c1-14-10-16(28-2)11-20(29-3)18(14)12-26-9-6-17-19(13-26)24-21(25-22(17)27)15-4-7-23-8-5-15/h4-5,7-8,10-11H,6,9,12-13H2,1-3H3,(H,24,25,27). The van der Waals surface area contributed by atoms with Crippen LogP contribution in [0.2, 0.25) is 0 Å². The molecule has 0 saturated carbocycles. The number of methoxy groups -OCH3 is 2. The molecule has 4 rings (SSSR count). The predicted molar refractivity (Wildman–Crippen MR) is 110 cm³/mol. The first-order chi connectivity index (χ1) is 14.1. The number of nitrogens with one attached hydrogen (secondary N) is 1. The van der Waals surface area contributed by atoms with Crippen LogP contribution in [0.1, 0.15) is 22.4 Å². The molecular weight excluding hydrogens is 368 g/mol. The van der Waals surface area contributed by atoms with Gasteiger partial charge in [0, 0.05) is 54.8 Å². The van der Waals surface area contributed by atoms with E-state index in [-0.39, 0.29) is 5.56 Å². The van der Waals surface area contributed by atoms with E-state index in [4.69, 9.17) is 14.5 Å². The van der Waals surface area contributed by atoms with Gasteiger partial charge >= 0.3 is 0 Å². The summed E-state index contributed by atoms with van der Waals surface area (Å²) in [4.78, 5) is 26.6. The molecule has 0 spiro atoms. The number of aromatic amines is 1. The van der Waals surface area contributed by atoms with Crippen LogP contribution in [-0.2, 0) is 19.5 Å². The van der Waals surface area contributed by atoms with Gasteiger partial charge < -0.3 is 14.5 Å². The van der Waals surface area contributed by atoms with Crippen molar-refractivity contribution in [3.05, 3.63) is 69.4 Å². The molecule has 0 atom stereocenters. The summed E-state index contributed by atoms with van der Waals surface area (Å²) in [6.45, 7) is 4.19. The van der Waals surface area contributed by atoms with Crippen molar-refractivity contribution in [3.8, 4) is 22.9 Å². The molecule has 0 bridgehead atoms. The first-order valence-corrected chi connectivity index (χ1v) is 9.55. The predicted octanol–water partition coefficient (Wildman–Crippen LogP) is 2.72. The quantitative estimate of drug-likeness (QED) is 0.719. The van der Waals surface area contributed by atoms with Gasteiger partial charge in [-0.3, -0.25) is 14.7 Å². The Bertz CT molecular complexity index is 1080. The second-order valence-corrected chi connectivity index (χ2v) is 7.16. The van der Waals surface area contributed by atoms with Crippen LogP contribution < -0.4 is 15.0 Å². The molecule has 150 valence electrons. The molecule has 0 saturated heterocycles. The van der Waals surface area contributed by atoms with Gasteiger partial charge in [-0.15, -0.1) is 0 Å². The number of pyridine rings is 1. The van der Waals surface area contributed by atoms with E-state index in [1.54, 1.807) is 26.6 Å². The van der Waals surface area contributed by atoms with E-state index < -0.39 is 0 Å². The van der Waals surface area contributed by atoms with Crippen LogP contribution in [0.15, 0.2) is 41.5 Å². The zero-order chi connectivity index (χ0) is 20.4. The molecule has 1 aromatic carbocycles. The van der Waals surface area contributed by atoms with Gasteiger partial charge in [0.15, 0.2) is 0 Å². The van der Waals surface area contributed by atoms with Gasteiger partial charge in [0.05, 0.1) is 19.9 Å². The third-order valence-corrected chi connectivity index (χ3v) is 5.35. The molecule has 7 nitrogen and oxygen atoms in total. The molecule has 1 aliphatic rings. The van der Waals surface area contributed by atoms with Crippen molar-refractivity contribution in [1.29, 1.82) is 0 Å². The van der Waals surface area contributed by atoms with Gasteiger partial charge in [-0.2, -0.15) is 0 Å². The number of hydrogen-bond acceptors (Lipinski definition) is 6. The highest BCUT2D eigenvalue weighted by Crippen LogP contribution is 2.30. The molecule has 0 amide bonds. The Labute approximate surface area is 169 Å². The smallest absolute Gasteiger partial charge is 0.254 e. The van der Waals surface area contributed by atoms with Crippen molar-refractivity contribution in [2.45, 2.75) is 26.4 Å². The number of aromatic nitrogens is 3. The number of hydrogen-bond donors (Lipinski definition) is 1. The second-order valence-electron chi connectivity index (χ2n) is 7.16. The van der Waals surface area contributed by atoms with E-state index in [1.807, 2.05) is 24.3 Å². The maximum Gasteiger partial charge on any atom is 0.254 e. The van der Waals surface area contributed by atoms with Crippen LogP contribution >= 0.6 is 0 Å². The molecule has 0 unspecified atom stereocenters. The monoisotopic (exact) mass is 392 g/mol. The van der Waals surface area contributed by atoms with E-state index >= 15 is 0 Å². The number of ether oxygens (including phenoxy) is 2. The van der Waals surface area contributed by atoms with E-state index in [0.29, 0.717) is 18.8 Å². The van der Waals surface area contributed by atoms with Crippen LogP contribution in [-0.4, -0.2) is 40.6 Å². The minimum absolute atomic E-state index is 0.0559. The first-order valence-electron chi connectivity index (χ1n) is 9.55. The minimum Gasteiger partial charge on any atom is -0.497 e. The molecule has 3 heterocycles. The Kier molecular flexibility index (Phi) is 5.31. The maximum absolute atomic E-state index is 12.6. The van der Waals surface area contributed by atoms with Crippen LogP contribution in [0.3, 0.4) is 0 Å². The van der Waals surface area contributed by atoms with Gasteiger partial charge in [0.1, 0.15) is 17.3 Å². The molecule has 2 aromatic heterocycles. The summed E-state index contributed by atoms with van der Waals surface area (Å²) in [5.41, 5.74) is 4.64. The molecule has 3 aromatic rings. The number of H-pyrrole nitrogens is 1. The number of nitrogens with zero attached hydrogens (tertiary/aromatic N) is 3. The number of rotatable bonds is 5. The van der Waals surface area contributed by atoms with Gasteiger partial charge in [-0.05, 0) is 37.1 Å². The zero-order valence-electron chi connectivity index (χ0n) is 16.9. The topological polar surface area (TPSA) is 80.3 Å². The van der Waals surface area contributed by atoms with E-state index in [1.165, 1.54) is 0 Å². The molecule has 0 radical (unpaired) electrons. The van der Waals surface area contributed by atoms with Crippen molar-refractivity contribution in [1.82, 2.24) is 19.9 Å². The van der Waals surface area contributed by atoms with Crippen LogP contribution in [0, 0.1) is 6.92 Å². The molecule has 29 heavy (non-hydrogen) atoms. The lowest BCUT2D eigenvalue weighted by molar-refractivity contribution is 0.236. The van der Waals surface area contributed by atoms with Crippen LogP contribution in [0.4, 0.5) is 0 Å². The third kappa shape index (κ3) is 3.86. The zero-order valence-corrected chi connectivity index (χ0v) is 16.9. The average molecular weight is 392 g/mol. The van der Waals surface area contributed by atoms with E-state index in [0.717, 1.165) is 52.5 Å². The Morgan fingerprint density at radius 1 is 1.17 bits per heavy atom. The minimum atomic E-state index is -0.0559. The fourth-order valence-electron chi connectivity index (χ4n) is 3.75. The Morgan fingerprint density at radius 3 is 2.69 bits per heavy atom. The van der Waals surface area contributed by atoms with Gasteiger partial charge in [-0.25, -0.2) is 4.98 Å². The van der Waals surface area contributed by atoms with Crippen LogP contribution in [0.25, 0.3) is 11.4 Å². The molecule has 7 heteroatoms. The maximum atomic E-state index is 12.6. The first kappa shape index (κ1) is 19.1. The highest BCUT2D eigenvalue weighted by atomic mass is 16.5. The summed E-state index contributed by atoms with van der Waals surface area (Å²) < 4.78 is 10.9. The molecule has 1 aliphatic heterocycles. The van der Waals surface area contributed by atoms with Crippen molar-refractivity contribution < 1.29 is 9.47 Å². The van der Waals surface area contributed by atoms with Crippen molar-refractivity contribution in [3.63, 3.8) is 0 Å². The summed E-state index contributed by atoms with van der Waals surface area (Å²) in [5, 5.41) is 0. The summed E-state index contributed by atoms with van der Waals surface area (Å²) in [6.07, 6.45) is 4.06. The third-order valence-electron chi connectivity index (χ3n) is 5.35. The lowest BCUT2D eigenvalue weighted by Crippen LogP contribution is -2.35. The van der Waals surface area contributed by atoms with E-state index in [9.17, 15) is 4.79 Å².